The van der Waals surface area contributed by atoms with E-state index in [1.807, 2.05) is 0 Å². The highest BCUT2D eigenvalue weighted by atomic mass is 19.4. The van der Waals surface area contributed by atoms with Gasteiger partial charge in [0, 0.05) is 18.9 Å². The number of allylic oxidation sites excluding steroid dienone is 1. The lowest BCUT2D eigenvalue weighted by Crippen LogP contribution is -2.45. The molecule has 1 aromatic rings. The monoisotopic (exact) mass is 262 g/mol. The Kier molecular flexibility index (Phi) is 3.95. The standard InChI is InChI=1S/C11H13F3N2O2/c1-3-5-16-6-4-15-9(16)10(18,7-8(2)17)11(12,13)14/h3-4,6,18H,1,5,7H2,2H3/t10-/m0/s1. The molecule has 4 nitrogen and oxygen atoms in total. The van der Waals surface area contributed by atoms with Crippen LogP contribution in [0.3, 0.4) is 0 Å². The molecule has 0 spiro atoms. The molecule has 100 valence electrons. The Labute approximate surface area is 102 Å². The highest BCUT2D eigenvalue weighted by molar-refractivity contribution is 5.76. The average molecular weight is 262 g/mol. The van der Waals surface area contributed by atoms with Crippen molar-refractivity contribution in [2.24, 2.45) is 0 Å². The molecule has 18 heavy (non-hydrogen) atoms. The summed E-state index contributed by atoms with van der Waals surface area (Å²) in [4.78, 5) is 14.5. The third kappa shape index (κ3) is 2.61. The van der Waals surface area contributed by atoms with Crippen LogP contribution in [0.4, 0.5) is 13.2 Å². The third-order valence-corrected chi connectivity index (χ3v) is 2.38. The van der Waals surface area contributed by atoms with Gasteiger partial charge in [-0.15, -0.1) is 6.58 Å². The second kappa shape index (κ2) is 4.93. The van der Waals surface area contributed by atoms with Gasteiger partial charge in [-0.25, -0.2) is 4.98 Å². The van der Waals surface area contributed by atoms with Gasteiger partial charge in [0.2, 0.25) is 5.60 Å². The second-order valence-corrected chi connectivity index (χ2v) is 3.93. The van der Waals surface area contributed by atoms with Gasteiger partial charge in [-0.1, -0.05) is 6.08 Å². The van der Waals surface area contributed by atoms with Gasteiger partial charge in [0.25, 0.3) is 0 Å². The molecule has 1 N–H and O–H groups in total. The zero-order valence-electron chi connectivity index (χ0n) is 9.74. The van der Waals surface area contributed by atoms with Crippen molar-refractivity contribution < 1.29 is 23.1 Å². The van der Waals surface area contributed by atoms with Crippen LogP contribution in [0, 0.1) is 0 Å². The lowest BCUT2D eigenvalue weighted by Gasteiger charge is -2.29. The Morgan fingerprint density at radius 2 is 2.22 bits per heavy atom. The molecule has 0 saturated carbocycles. The molecule has 1 aromatic heterocycles. The fourth-order valence-electron chi connectivity index (χ4n) is 1.63. The summed E-state index contributed by atoms with van der Waals surface area (Å²) in [5, 5.41) is 9.82. The molecule has 1 heterocycles. The molecule has 1 rings (SSSR count). The van der Waals surface area contributed by atoms with Crippen LogP contribution in [0.15, 0.2) is 25.0 Å². The number of hydrogen-bond donors (Lipinski definition) is 1. The van der Waals surface area contributed by atoms with Crippen molar-refractivity contribution >= 4 is 5.78 Å². The van der Waals surface area contributed by atoms with Crippen LogP contribution in [0.5, 0.6) is 0 Å². The first-order valence-corrected chi connectivity index (χ1v) is 5.13. The van der Waals surface area contributed by atoms with E-state index in [4.69, 9.17) is 0 Å². The highest BCUT2D eigenvalue weighted by Crippen LogP contribution is 2.40. The Morgan fingerprint density at radius 1 is 1.61 bits per heavy atom. The minimum atomic E-state index is -4.98. The predicted molar refractivity (Wildman–Crippen MR) is 57.7 cm³/mol. The van der Waals surface area contributed by atoms with Crippen LogP contribution in [0.1, 0.15) is 19.2 Å². The number of carbonyl (C=O) groups excluding carboxylic acids is 1. The number of halogens is 3. The molecule has 0 aliphatic rings. The molecule has 1 atom stereocenters. The van der Waals surface area contributed by atoms with Crippen LogP contribution in [-0.2, 0) is 16.9 Å². The number of rotatable bonds is 5. The molecule has 0 saturated heterocycles. The molecule has 7 heteroatoms. The van der Waals surface area contributed by atoms with Crippen molar-refractivity contribution in [3.8, 4) is 0 Å². The summed E-state index contributed by atoms with van der Waals surface area (Å²) in [7, 11) is 0. The van der Waals surface area contributed by atoms with Gasteiger partial charge in [0.1, 0.15) is 5.78 Å². The lowest BCUT2D eigenvalue weighted by atomic mass is 9.95. The topological polar surface area (TPSA) is 55.1 Å². The van der Waals surface area contributed by atoms with Gasteiger partial charge in [0.15, 0.2) is 5.82 Å². The summed E-state index contributed by atoms with van der Waals surface area (Å²) >= 11 is 0. The number of imidazole rings is 1. The third-order valence-electron chi connectivity index (χ3n) is 2.38. The number of Topliss-reactive ketones (excluding diaryl/α,β-unsaturated/α-hetero) is 1. The quantitative estimate of drug-likeness (QED) is 0.823. The van der Waals surface area contributed by atoms with Crippen molar-refractivity contribution in [1.82, 2.24) is 9.55 Å². The number of carbonyl (C=O) groups is 1. The highest BCUT2D eigenvalue weighted by Gasteiger charge is 2.58. The summed E-state index contributed by atoms with van der Waals surface area (Å²) in [6.45, 7) is 4.45. The summed E-state index contributed by atoms with van der Waals surface area (Å²) in [6, 6.07) is 0. The predicted octanol–water partition coefficient (Wildman–Crippen LogP) is 1.80. The number of ketones is 1. The van der Waals surface area contributed by atoms with Gasteiger partial charge >= 0.3 is 6.18 Å². The van der Waals surface area contributed by atoms with Crippen molar-refractivity contribution in [2.45, 2.75) is 31.7 Å². The molecular formula is C11H13F3N2O2. The normalized spacial score (nSPS) is 15.2. The van der Waals surface area contributed by atoms with Crippen molar-refractivity contribution in [3.63, 3.8) is 0 Å². The van der Waals surface area contributed by atoms with Crippen LogP contribution < -0.4 is 0 Å². The first-order valence-electron chi connectivity index (χ1n) is 5.13. The fraction of sp³-hybridized carbons (Fsp3) is 0.455. The molecule has 0 bridgehead atoms. The maximum atomic E-state index is 13.0. The second-order valence-electron chi connectivity index (χ2n) is 3.93. The number of aliphatic hydroxyl groups is 1. The van der Waals surface area contributed by atoms with E-state index in [1.165, 1.54) is 12.3 Å². The van der Waals surface area contributed by atoms with E-state index < -0.39 is 29.8 Å². The van der Waals surface area contributed by atoms with Gasteiger partial charge in [-0.3, -0.25) is 4.79 Å². The Morgan fingerprint density at radius 3 is 2.67 bits per heavy atom. The molecule has 0 fully saturated rings. The summed E-state index contributed by atoms with van der Waals surface area (Å²) < 4.78 is 40.0. The Balaban J connectivity index is 3.30. The summed E-state index contributed by atoms with van der Waals surface area (Å²) in [5.41, 5.74) is -3.27. The van der Waals surface area contributed by atoms with Crippen molar-refractivity contribution in [2.75, 3.05) is 0 Å². The first kappa shape index (κ1) is 14.4. The fourth-order valence-corrected chi connectivity index (χ4v) is 1.63. The zero-order valence-corrected chi connectivity index (χ0v) is 9.74. The van der Waals surface area contributed by atoms with Crippen LogP contribution in [0.2, 0.25) is 0 Å². The smallest absolute Gasteiger partial charge is 0.374 e. The van der Waals surface area contributed by atoms with Crippen LogP contribution >= 0.6 is 0 Å². The van der Waals surface area contributed by atoms with E-state index in [0.717, 1.165) is 17.7 Å². The van der Waals surface area contributed by atoms with Gasteiger partial charge in [-0.2, -0.15) is 13.2 Å². The van der Waals surface area contributed by atoms with E-state index in [2.05, 4.69) is 11.6 Å². The molecule has 0 aliphatic carbocycles. The number of hydrogen-bond acceptors (Lipinski definition) is 3. The largest absolute Gasteiger partial charge is 0.424 e. The summed E-state index contributed by atoms with van der Waals surface area (Å²) in [6.07, 6.45) is -2.26. The van der Waals surface area contributed by atoms with Crippen LogP contribution in [0.25, 0.3) is 0 Å². The van der Waals surface area contributed by atoms with Crippen LogP contribution in [-0.4, -0.2) is 26.6 Å². The number of alkyl halides is 3. The Hall–Kier alpha value is -1.63. The van der Waals surface area contributed by atoms with E-state index in [9.17, 15) is 23.1 Å². The number of nitrogens with zero attached hydrogens (tertiary/aromatic N) is 2. The molecule has 0 radical (unpaired) electrons. The van der Waals surface area contributed by atoms with Crippen molar-refractivity contribution in [3.05, 3.63) is 30.9 Å². The minimum absolute atomic E-state index is 0.0611. The van der Waals surface area contributed by atoms with E-state index in [-0.39, 0.29) is 6.54 Å². The average Bonchev–Trinajstić information content (AvgIpc) is 2.63. The molecular weight excluding hydrogens is 249 g/mol. The molecule has 0 unspecified atom stereocenters. The number of aromatic nitrogens is 2. The van der Waals surface area contributed by atoms with Gasteiger partial charge in [-0.05, 0) is 6.92 Å². The van der Waals surface area contributed by atoms with Gasteiger partial charge in [0.05, 0.1) is 6.42 Å². The van der Waals surface area contributed by atoms with E-state index in [1.54, 1.807) is 0 Å². The Bertz CT molecular complexity index is 453. The van der Waals surface area contributed by atoms with Crippen molar-refractivity contribution in [1.29, 1.82) is 0 Å². The first-order chi connectivity index (χ1) is 8.22. The maximum Gasteiger partial charge on any atom is 0.424 e. The summed E-state index contributed by atoms with van der Waals surface area (Å²) in [5.74, 6) is -1.38. The molecule has 0 amide bonds. The molecule has 0 aliphatic heterocycles. The minimum Gasteiger partial charge on any atom is -0.374 e. The maximum absolute atomic E-state index is 13.0. The SMILES string of the molecule is C=CCn1ccnc1[C@@](O)(CC(C)=O)C(F)(F)F. The van der Waals surface area contributed by atoms with E-state index in [0.29, 0.717) is 0 Å². The molecule has 0 aromatic carbocycles. The zero-order chi connectivity index (χ0) is 14.0. The van der Waals surface area contributed by atoms with Gasteiger partial charge < -0.3 is 9.67 Å². The lowest BCUT2D eigenvalue weighted by molar-refractivity contribution is -0.270. The van der Waals surface area contributed by atoms with E-state index >= 15 is 0 Å².